The monoisotopic (exact) mass is 194 g/mol. The van der Waals surface area contributed by atoms with Crippen LogP contribution in [0.25, 0.3) is 0 Å². The highest BCUT2D eigenvalue weighted by atomic mass is 15.3. The molecule has 0 radical (unpaired) electrons. The van der Waals surface area contributed by atoms with Gasteiger partial charge in [-0.1, -0.05) is 0 Å². The van der Waals surface area contributed by atoms with Gasteiger partial charge in [-0.2, -0.15) is 0 Å². The van der Waals surface area contributed by atoms with Crippen LogP contribution in [0.2, 0.25) is 0 Å². The molecule has 1 heteroatoms. The third-order valence-electron chi connectivity index (χ3n) is 5.07. The first-order valence-electron chi connectivity index (χ1n) is 6.35. The molecule has 0 aromatic carbocycles. The van der Waals surface area contributed by atoms with Crippen LogP contribution in [0.15, 0.2) is 0 Å². The van der Waals surface area contributed by atoms with E-state index in [1.165, 1.54) is 4.48 Å². The van der Waals surface area contributed by atoms with Crippen molar-refractivity contribution in [2.45, 2.75) is 38.1 Å². The molecule has 0 unspecified atom stereocenters. The second-order valence-corrected chi connectivity index (χ2v) is 7.04. The number of quaternary nitrogens is 1. The Bertz CT molecular complexity index is 210. The van der Waals surface area contributed by atoms with Gasteiger partial charge < -0.3 is 4.48 Å². The normalized spacial score (nSPS) is 51.2. The summed E-state index contributed by atoms with van der Waals surface area (Å²) in [5.74, 6) is 4.40. The van der Waals surface area contributed by atoms with Gasteiger partial charge in [-0.3, -0.25) is 0 Å². The summed E-state index contributed by atoms with van der Waals surface area (Å²) in [7, 11) is 7.23. The summed E-state index contributed by atoms with van der Waals surface area (Å²) >= 11 is 0. The highest BCUT2D eigenvalue weighted by Crippen LogP contribution is 2.55. The molecule has 4 bridgehead atoms. The summed E-state index contributed by atoms with van der Waals surface area (Å²) in [5.41, 5.74) is 0. The minimum atomic E-state index is 0.989. The summed E-state index contributed by atoms with van der Waals surface area (Å²) < 4.78 is 1.22. The van der Waals surface area contributed by atoms with Crippen molar-refractivity contribution in [3.8, 4) is 0 Å². The molecule has 0 amide bonds. The Morgan fingerprint density at radius 2 is 1.14 bits per heavy atom. The van der Waals surface area contributed by atoms with E-state index in [0.29, 0.717) is 0 Å². The van der Waals surface area contributed by atoms with Crippen molar-refractivity contribution in [2.75, 3.05) is 21.1 Å². The fraction of sp³-hybridized carbons (Fsp3) is 1.00. The van der Waals surface area contributed by atoms with Gasteiger partial charge in [0.05, 0.1) is 27.2 Å². The maximum atomic E-state index is 2.41. The van der Waals surface area contributed by atoms with E-state index in [9.17, 15) is 0 Å². The van der Waals surface area contributed by atoms with Gasteiger partial charge in [0, 0.05) is 11.8 Å². The standard InChI is InChI=1S/C13H24N/c1-14(2,3)13-11-5-9-4-10(7-11)8-12(13)6-9/h9-13H,4-8H2,1-3H3/q+1. The van der Waals surface area contributed by atoms with Gasteiger partial charge in [-0.25, -0.2) is 0 Å². The van der Waals surface area contributed by atoms with E-state index in [0.717, 1.165) is 29.7 Å². The van der Waals surface area contributed by atoms with E-state index in [-0.39, 0.29) is 0 Å². The Kier molecular flexibility index (Phi) is 1.81. The summed E-state index contributed by atoms with van der Waals surface area (Å²) in [5, 5.41) is 0. The van der Waals surface area contributed by atoms with Crippen molar-refractivity contribution in [3.05, 3.63) is 0 Å². The largest absolute Gasteiger partial charge is 0.328 e. The lowest BCUT2D eigenvalue weighted by Gasteiger charge is -2.57. The second kappa shape index (κ2) is 2.75. The minimum Gasteiger partial charge on any atom is -0.328 e. The molecule has 0 aliphatic heterocycles. The van der Waals surface area contributed by atoms with E-state index in [1.54, 1.807) is 32.1 Å². The first-order chi connectivity index (χ1) is 6.54. The molecule has 4 aliphatic rings. The average molecular weight is 194 g/mol. The third kappa shape index (κ3) is 1.25. The fourth-order valence-electron chi connectivity index (χ4n) is 5.16. The molecule has 1 nitrogen and oxygen atoms in total. The van der Waals surface area contributed by atoms with Crippen LogP contribution in [0.4, 0.5) is 0 Å². The summed E-state index contributed by atoms with van der Waals surface area (Å²) in [6.45, 7) is 0. The maximum absolute atomic E-state index is 2.41. The topological polar surface area (TPSA) is 0 Å². The quantitative estimate of drug-likeness (QED) is 0.563. The molecule has 0 heterocycles. The Morgan fingerprint density at radius 3 is 1.50 bits per heavy atom. The van der Waals surface area contributed by atoms with E-state index in [1.807, 2.05) is 0 Å². The number of nitrogens with zero attached hydrogens (tertiary/aromatic N) is 1. The van der Waals surface area contributed by atoms with Crippen LogP contribution in [0.3, 0.4) is 0 Å². The van der Waals surface area contributed by atoms with Crippen molar-refractivity contribution in [3.63, 3.8) is 0 Å². The maximum Gasteiger partial charge on any atom is 0.0941 e. The molecule has 14 heavy (non-hydrogen) atoms. The molecule has 0 aromatic heterocycles. The zero-order valence-electron chi connectivity index (χ0n) is 9.87. The summed E-state index contributed by atoms with van der Waals surface area (Å²) in [6, 6.07) is 0.989. The summed E-state index contributed by atoms with van der Waals surface area (Å²) in [6.07, 6.45) is 7.83. The molecule has 0 atom stereocenters. The van der Waals surface area contributed by atoms with Gasteiger partial charge in [0.15, 0.2) is 0 Å². The lowest BCUT2D eigenvalue weighted by atomic mass is 9.53. The lowest BCUT2D eigenvalue weighted by molar-refractivity contribution is -0.907. The first kappa shape index (κ1) is 9.21. The van der Waals surface area contributed by atoms with E-state index in [2.05, 4.69) is 21.1 Å². The molecule has 4 fully saturated rings. The first-order valence-corrected chi connectivity index (χ1v) is 6.35. The molecule has 0 N–H and O–H groups in total. The van der Waals surface area contributed by atoms with Crippen LogP contribution in [-0.4, -0.2) is 31.7 Å². The number of hydrogen-bond acceptors (Lipinski definition) is 0. The van der Waals surface area contributed by atoms with E-state index < -0.39 is 0 Å². The predicted octanol–water partition coefficient (Wildman–Crippen LogP) is 2.52. The van der Waals surface area contributed by atoms with Crippen LogP contribution >= 0.6 is 0 Å². The van der Waals surface area contributed by atoms with Gasteiger partial charge >= 0.3 is 0 Å². The van der Waals surface area contributed by atoms with Crippen molar-refractivity contribution in [1.82, 2.24) is 0 Å². The van der Waals surface area contributed by atoms with Gasteiger partial charge in [-0.05, 0) is 43.9 Å². The van der Waals surface area contributed by atoms with Crippen molar-refractivity contribution in [1.29, 1.82) is 0 Å². The molecular weight excluding hydrogens is 170 g/mol. The van der Waals surface area contributed by atoms with E-state index in [4.69, 9.17) is 0 Å². The molecule has 0 aromatic rings. The SMILES string of the molecule is C[N+](C)(C)C1C2CC3CC(C2)CC1C3. The number of rotatable bonds is 1. The Morgan fingerprint density at radius 1 is 0.714 bits per heavy atom. The molecular formula is C13H24N+. The highest BCUT2D eigenvalue weighted by Gasteiger charge is 2.53. The van der Waals surface area contributed by atoms with Crippen LogP contribution in [0, 0.1) is 23.7 Å². The van der Waals surface area contributed by atoms with Gasteiger partial charge in [0.1, 0.15) is 0 Å². The smallest absolute Gasteiger partial charge is 0.0941 e. The van der Waals surface area contributed by atoms with Crippen LogP contribution in [0.1, 0.15) is 32.1 Å². The third-order valence-corrected chi connectivity index (χ3v) is 5.07. The molecule has 4 rings (SSSR count). The Labute approximate surface area is 88.1 Å². The second-order valence-electron chi connectivity index (χ2n) is 7.04. The highest BCUT2D eigenvalue weighted by molar-refractivity contribution is 4.98. The van der Waals surface area contributed by atoms with Gasteiger partial charge in [-0.15, -0.1) is 0 Å². The number of hydrogen-bond donors (Lipinski definition) is 0. The predicted molar refractivity (Wildman–Crippen MR) is 58.9 cm³/mol. The molecule has 0 spiro atoms. The Hall–Kier alpha value is -0.0400. The molecule has 80 valence electrons. The van der Waals surface area contributed by atoms with Crippen LogP contribution < -0.4 is 0 Å². The molecule has 4 aliphatic carbocycles. The van der Waals surface area contributed by atoms with E-state index >= 15 is 0 Å². The lowest BCUT2D eigenvalue weighted by Crippen LogP contribution is -2.60. The zero-order chi connectivity index (χ0) is 9.92. The van der Waals surface area contributed by atoms with Gasteiger partial charge in [0.25, 0.3) is 0 Å². The fourth-order valence-corrected chi connectivity index (χ4v) is 5.16. The average Bonchev–Trinajstić information content (AvgIpc) is 1.97. The van der Waals surface area contributed by atoms with Crippen molar-refractivity contribution in [2.24, 2.45) is 23.7 Å². The van der Waals surface area contributed by atoms with Crippen LogP contribution in [0.5, 0.6) is 0 Å². The summed E-state index contributed by atoms with van der Waals surface area (Å²) in [4.78, 5) is 0. The van der Waals surface area contributed by atoms with Gasteiger partial charge in [0.2, 0.25) is 0 Å². The van der Waals surface area contributed by atoms with Crippen molar-refractivity contribution < 1.29 is 4.48 Å². The zero-order valence-corrected chi connectivity index (χ0v) is 9.87. The Balaban J connectivity index is 1.88. The molecule has 4 saturated carbocycles. The van der Waals surface area contributed by atoms with Crippen molar-refractivity contribution >= 4 is 0 Å². The minimum absolute atomic E-state index is 0.989. The molecule has 0 saturated heterocycles. The van der Waals surface area contributed by atoms with Crippen LogP contribution in [-0.2, 0) is 0 Å².